The minimum Gasteiger partial charge on any atom is -0.352 e. The van der Waals surface area contributed by atoms with E-state index in [0.717, 1.165) is 17.5 Å². The van der Waals surface area contributed by atoms with Crippen molar-refractivity contribution in [1.29, 1.82) is 0 Å². The standard InChI is InChI=1S/C25H33N5O3/c1-15(2)10-11-26-24(32)18-13-30(12-16(3)4)14-19(22(18)31)25(33)27-17(5)23-28-20-8-6-7-9-21(20)29-23/h6-9,13-17H,10-12H2,1-5H3,(H,26,32)(H,27,33)(H,28,29). The first-order valence-corrected chi connectivity index (χ1v) is 11.4. The number of imidazole rings is 1. The molecule has 0 aliphatic rings. The molecule has 3 rings (SSSR count). The second-order valence-electron chi connectivity index (χ2n) is 9.28. The molecule has 0 aliphatic carbocycles. The third kappa shape index (κ3) is 6.09. The molecular formula is C25H33N5O3. The number of amides is 2. The number of carbonyl (C=O) groups excluding carboxylic acids is 2. The maximum atomic E-state index is 13.1. The van der Waals surface area contributed by atoms with Gasteiger partial charge in [-0.25, -0.2) is 4.98 Å². The second kappa shape index (κ2) is 10.5. The first kappa shape index (κ1) is 24.2. The molecule has 8 heteroatoms. The van der Waals surface area contributed by atoms with Crippen molar-refractivity contribution in [2.75, 3.05) is 6.54 Å². The van der Waals surface area contributed by atoms with Gasteiger partial charge in [-0.2, -0.15) is 0 Å². The zero-order valence-corrected chi connectivity index (χ0v) is 19.9. The van der Waals surface area contributed by atoms with E-state index >= 15 is 0 Å². The smallest absolute Gasteiger partial charge is 0.257 e. The molecular weight excluding hydrogens is 418 g/mol. The largest absolute Gasteiger partial charge is 0.352 e. The lowest BCUT2D eigenvalue weighted by Gasteiger charge is -2.16. The molecule has 8 nitrogen and oxygen atoms in total. The van der Waals surface area contributed by atoms with Crippen LogP contribution >= 0.6 is 0 Å². The molecule has 0 saturated carbocycles. The van der Waals surface area contributed by atoms with Crippen LogP contribution in [-0.2, 0) is 6.54 Å². The summed E-state index contributed by atoms with van der Waals surface area (Å²) in [4.78, 5) is 46.6. The summed E-state index contributed by atoms with van der Waals surface area (Å²) in [5.74, 6) is 0.296. The normalized spacial score (nSPS) is 12.3. The van der Waals surface area contributed by atoms with Crippen molar-refractivity contribution in [1.82, 2.24) is 25.2 Å². The highest BCUT2D eigenvalue weighted by Gasteiger charge is 2.22. The SMILES string of the molecule is CC(C)CCNC(=O)c1cn(CC(C)C)cc(C(=O)NC(C)c2nc3ccccc3[nH]2)c1=O. The lowest BCUT2D eigenvalue weighted by molar-refractivity contribution is 0.0936. The molecule has 1 atom stereocenters. The summed E-state index contributed by atoms with van der Waals surface area (Å²) in [5, 5.41) is 5.64. The van der Waals surface area contributed by atoms with Gasteiger partial charge in [0.05, 0.1) is 17.1 Å². The molecule has 2 amide bonds. The number of hydrogen-bond donors (Lipinski definition) is 3. The van der Waals surface area contributed by atoms with Gasteiger partial charge < -0.3 is 20.2 Å². The minimum absolute atomic E-state index is 0.0246. The number of aromatic nitrogens is 3. The van der Waals surface area contributed by atoms with E-state index in [1.807, 2.05) is 38.1 Å². The molecule has 2 heterocycles. The summed E-state index contributed by atoms with van der Waals surface area (Å²) in [6, 6.07) is 7.14. The van der Waals surface area contributed by atoms with E-state index in [2.05, 4.69) is 34.4 Å². The molecule has 0 spiro atoms. The summed E-state index contributed by atoms with van der Waals surface area (Å²) < 4.78 is 1.74. The summed E-state index contributed by atoms with van der Waals surface area (Å²) in [5.41, 5.74) is 1.01. The Labute approximate surface area is 193 Å². The van der Waals surface area contributed by atoms with Crippen molar-refractivity contribution in [3.8, 4) is 0 Å². The van der Waals surface area contributed by atoms with Crippen molar-refractivity contribution in [3.63, 3.8) is 0 Å². The number of H-pyrrole nitrogens is 1. The number of rotatable bonds is 9. The Hall–Kier alpha value is -3.42. The number of para-hydroxylation sites is 2. The minimum atomic E-state index is -0.577. The van der Waals surface area contributed by atoms with E-state index < -0.39 is 23.3 Å². The predicted octanol–water partition coefficient (Wildman–Crippen LogP) is 3.65. The van der Waals surface area contributed by atoms with Crippen molar-refractivity contribution in [3.05, 3.63) is 63.8 Å². The van der Waals surface area contributed by atoms with Gasteiger partial charge in [0.15, 0.2) is 0 Å². The maximum Gasteiger partial charge on any atom is 0.257 e. The summed E-state index contributed by atoms with van der Waals surface area (Å²) >= 11 is 0. The quantitative estimate of drug-likeness (QED) is 0.461. The highest BCUT2D eigenvalue weighted by molar-refractivity contribution is 5.99. The summed E-state index contributed by atoms with van der Waals surface area (Å²) in [7, 11) is 0. The Kier molecular flexibility index (Phi) is 7.68. The average molecular weight is 452 g/mol. The number of aromatic amines is 1. The van der Waals surface area contributed by atoms with Crippen molar-refractivity contribution in [2.24, 2.45) is 11.8 Å². The van der Waals surface area contributed by atoms with Gasteiger partial charge in [0.2, 0.25) is 5.43 Å². The number of hydrogen-bond acceptors (Lipinski definition) is 4. The van der Waals surface area contributed by atoms with E-state index in [1.165, 1.54) is 12.4 Å². The van der Waals surface area contributed by atoms with E-state index in [9.17, 15) is 14.4 Å². The molecule has 0 saturated heterocycles. The fourth-order valence-corrected chi connectivity index (χ4v) is 3.57. The van der Waals surface area contributed by atoms with Gasteiger partial charge in [-0.15, -0.1) is 0 Å². The van der Waals surface area contributed by atoms with Crippen LogP contribution in [0.15, 0.2) is 41.5 Å². The van der Waals surface area contributed by atoms with Crippen LogP contribution in [0.2, 0.25) is 0 Å². The lowest BCUT2D eigenvalue weighted by atomic mass is 10.1. The van der Waals surface area contributed by atoms with Gasteiger partial charge in [0, 0.05) is 25.5 Å². The Bertz CT molecular complexity index is 1160. The van der Waals surface area contributed by atoms with Crippen LogP contribution in [-0.4, -0.2) is 32.9 Å². The molecule has 0 bridgehead atoms. The van der Waals surface area contributed by atoms with Crippen LogP contribution in [0.3, 0.4) is 0 Å². The molecule has 0 fully saturated rings. The highest BCUT2D eigenvalue weighted by Crippen LogP contribution is 2.16. The van der Waals surface area contributed by atoms with Crippen molar-refractivity contribution in [2.45, 2.75) is 53.6 Å². The van der Waals surface area contributed by atoms with Gasteiger partial charge >= 0.3 is 0 Å². The Morgan fingerprint density at radius 3 is 2.30 bits per heavy atom. The van der Waals surface area contributed by atoms with Crippen LogP contribution in [0, 0.1) is 11.8 Å². The fraction of sp³-hybridized carbons (Fsp3) is 0.440. The molecule has 0 aliphatic heterocycles. The van der Waals surface area contributed by atoms with Crippen LogP contribution in [0.25, 0.3) is 11.0 Å². The van der Waals surface area contributed by atoms with Crippen LogP contribution in [0.5, 0.6) is 0 Å². The zero-order valence-electron chi connectivity index (χ0n) is 19.9. The van der Waals surface area contributed by atoms with Crippen molar-refractivity contribution < 1.29 is 9.59 Å². The summed E-state index contributed by atoms with van der Waals surface area (Å²) in [6.45, 7) is 11.0. The monoisotopic (exact) mass is 451 g/mol. The molecule has 1 aromatic carbocycles. The Morgan fingerprint density at radius 1 is 1.00 bits per heavy atom. The van der Waals surface area contributed by atoms with E-state index in [-0.39, 0.29) is 17.0 Å². The van der Waals surface area contributed by atoms with Gasteiger partial charge in [-0.1, -0.05) is 39.8 Å². The highest BCUT2D eigenvalue weighted by atomic mass is 16.2. The maximum absolute atomic E-state index is 13.1. The number of nitrogens with one attached hydrogen (secondary N) is 3. The Balaban J connectivity index is 1.86. The first-order chi connectivity index (χ1) is 15.7. The number of carbonyl (C=O) groups is 2. The lowest BCUT2D eigenvalue weighted by Crippen LogP contribution is -2.37. The molecule has 3 aromatic rings. The topological polar surface area (TPSA) is 109 Å². The number of benzene rings is 1. The zero-order chi connectivity index (χ0) is 24.1. The molecule has 1 unspecified atom stereocenters. The third-order valence-electron chi connectivity index (χ3n) is 5.32. The molecule has 3 N–H and O–H groups in total. The Morgan fingerprint density at radius 2 is 1.67 bits per heavy atom. The van der Waals surface area contributed by atoms with E-state index in [1.54, 1.807) is 11.5 Å². The molecule has 33 heavy (non-hydrogen) atoms. The fourth-order valence-electron chi connectivity index (χ4n) is 3.57. The first-order valence-electron chi connectivity index (χ1n) is 11.4. The van der Waals surface area contributed by atoms with Gasteiger partial charge in [-0.3, -0.25) is 14.4 Å². The number of nitrogens with zero attached hydrogens (tertiary/aromatic N) is 2. The number of fused-ring (bicyclic) bond motifs is 1. The molecule has 0 radical (unpaired) electrons. The van der Waals surface area contributed by atoms with Crippen LogP contribution in [0.1, 0.15) is 73.6 Å². The van der Waals surface area contributed by atoms with E-state index in [4.69, 9.17) is 0 Å². The van der Waals surface area contributed by atoms with Gasteiger partial charge in [0.1, 0.15) is 17.0 Å². The number of pyridine rings is 1. The van der Waals surface area contributed by atoms with Crippen molar-refractivity contribution >= 4 is 22.8 Å². The van der Waals surface area contributed by atoms with Crippen LogP contribution < -0.4 is 16.1 Å². The third-order valence-corrected chi connectivity index (χ3v) is 5.32. The predicted molar refractivity (Wildman–Crippen MR) is 129 cm³/mol. The molecule has 2 aromatic heterocycles. The average Bonchev–Trinajstić information content (AvgIpc) is 3.18. The van der Waals surface area contributed by atoms with E-state index in [0.29, 0.717) is 24.8 Å². The van der Waals surface area contributed by atoms with Gasteiger partial charge in [-0.05, 0) is 37.3 Å². The summed E-state index contributed by atoms with van der Waals surface area (Å²) in [6.07, 6.45) is 3.86. The van der Waals surface area contributed by atoms with Gasteiger partial charge in [0.25, 0.3) is 11.8 Å². The second-order valence-corrected chi connectivity index (χ2v) is 9.28. The molecule has 176 valence electrons. The van der Waals surface area contributed by atoms with Crippen LogP contribution in [0.4, 0.5) is 0 Å².